The van der Waals surface area contributed by atoms with E-state index in [1.54, 1.807) is 11.7 Å². The molecule has 1 rings (SSSR count). The van der Waals surface area contributed by atoms with Gasteiger partial charge < -0.3 is 5.41 Å². The average molecular weight is 216 g/mol. The average Bonchev–Trinajstić information content (AvgIpc) is 2.58. The molecule has 0 saturated carbocycles. The van der Waals surface area contributed by atoms with Gasteiger partial charge in [0.2, 0.25) is 0 Å². The Hall–Kier alpha value is -1.89. The minimum absolute atomic E-state index is 0.528. The van der Waals surface area contributed by atoms with Gasteiger partial charge in [-0.05, 0) is 18.9 Å². The fourth-order valence-electron chi connectivity index (χ4n) is 1.72. The van der Waals surface area contributed by atoms with Gasteiger partial charge in [-0.1, -0.05) is 19.4 Å². The lowest BCUT2D eigenvalue weighted by molar-refractivity contribution is 0.725. The third-order valence-electron chi connectivity index (χ3n) is 2.47. The van der Waals surface area contributed by atoms with Gasteiger partial charge in [0, 0.05) is 18.8 Å². The monoisotopic (exact) mass is 216 g/mol. The number of nitrogens with one attached hydrogen (secondary N) is 1. The predicted octanol–water partition coefficient (Wildman–Crippen LogP) is 2.30. The van der Waals surface area contributed by atoms with Crippen molar-refractivity contribution in [2.45, 2.75) is 26.7 Å². The zero-order chi connectivity index (χ0) is 12.1. The lowest BCUT2D eigenvalue weighted by atomic mass is 10.0. The van der Waals surface area contributed by atoms with Crippen molar-refractivity contribution in [3.8, 4) is 6.07 Å². The molecular weight excluding hydrogens is 200 g/mol. The van der Waals surface area contributed by atoms with Crippen LogP contribution in [0.2, 0.25) is 0 Å². The fraction of sp³-hybridized carbons (Fsp3) is 0.417. The van der Waals surface area contributed by atoms with Crippen molar-refractivity contribution in [3.05, 3.63) is 23.0 Å². The summed E-state index contributed by atoms with van der Waals surface area (Å²) in [5.41, 5.74) is 3.00. The first-order chi connectivity index (χ1) is 7.69. The van der Waals surface area contributed by atoms with E-state index in [0.717, 1.165) is 29.7 Å². The van der Waals surface area contributed by atoms with Crippen molar-refractivity contribution in [3.63, 3.8) is 0 Å². The van der Waals surface area contributed by atoms with Gasteiger partial charge >= 0.3 is 0 Å². The summed E-state index contributed by atoms with van der Waals surface area (Å²) in [6.07, 6.45) is 4.92. The van der Waals surface area contributed by atoms with Gasteiger partial charge in [-0.15, -0.1) is 0 Å². The molecular formula is C12H16N4. The van der Waals surface area contributed by atoms with Crippen LogP contribution in [0.25, 0.3) is 5.57 Å². The summed E-state index contributed by atoms with van der Waals surface area (Å²) in [7, 11) is 1.76. The van der Waals surface area contributed by atoms with Crippen LogP contribution in [0.1, 0.15) is 37.2 Å². The maximum absolute atomic E-state index is 9.11. The first-order valence-electron chi connectivity index (χ1n) is 5.32. The van der Waals surface area contributed by atoms with Crippen molar-refractivity contribution in [2.75, 3.05) is 0 Å². The maximum Gasteiger partial charge on any atom is 0.146 e. The molecule has 0 unspecified atom stereocenters. The second-order valence-corrected chi connectivity index (χ2v) is 3.54. The van der Waals surface area contributed by atoms with Gasteiger partial charge in [0.15, 0.2) is 0 Å². The Labute approximate surface area is 95.7 Å². The SMILES string of the molecule is CC=C(C=N)c1c(CCC)nn(C)c1C#N. The molecule has 4 nitrogen and oxygen atoms in total. The number of allylic oxidation sites excluding steroid dienone is 2. The molecule has 4 heteroatoms. The first-order valence-corrected chi connectivity index (χ1v) is 5.32. The standard InChI is InChI=1S/C12H16N4/c1-4-6-10-12(9(5-2)7-13)11(8-14)16(3)15-10/h5,7,13H,4,6H2,1-3H3. The number of aryl methyl sites for hydroxylation is 2. The van der Waals surface area contributed by atoms with Crippen LogP contribution < -0.4 is 0 Å². The van der Waals surface area contributed by atoms with E-state index in [1.807, 2.05) is 13.0 Å². The highest BCUT2D eigenvalue weighted by Gasteiger charge is 2.17. The van der Waals surface area contributed by atoms with E-state index in [-0.39, 0.29) is 0 Å². The van der Waals surface area contributed by atoms with Gasteiger partial charge in [0.25, 0.3) is 0 Å². The summed E-state index contributed by atoms with van der Waals surface area (Å²) in [5, 5.41) is 20.8. The first kappa shape index (κ1) is 12.2. The van der Waals surface area contributed by atoms with Gasteiger partial charge in [-0.3, -0.25) is 4.68 Å². The van der Waals surface area contributed by atoms with Gasteiger partial charge in [0.05, 0.1) is 5.69 Å². The summed E-state index contributed by atoms with van der Waals surface area (Å²) in [6.45, 7) is 3.94. The van der Waals surface area contributed by atoms with E-state index in [4.69, 9.17) is 10.7 Å². The second kappa shape index (κ2) is 5.26. The molecule has 0 fully saturated rings. The Kier molecular flexibility index (Phi) is 4.01. The van der Waals surface area contributed by atoms with Gasteiger partial charge in [-0.25, -0.2) is 0 Å². The minimum Gasteiger partial charge on any atom is -0.308 e. The Morgan fingerprint density at radius 3 is 2.75 bits per heavy atom. The summed E-state index contributed by atoms with van der Waals surface area (Å²) >= 11 is 0. The van der Waals surface area contributed by atoms with Crippen molar-refractivity contribution >= 4 is 11.8 Å². The third-order valence-corrected chi connectivity index (χ3v) is 2.47. The molecule has 0 saturated heterocycles. The molecule has 0 spiro atoms. The predicted molar refractivity (Wildman–Crippen MR) is 64.4 cm³/mol. The van der Waals surface area contributed by atoms with Crippen LogP contribution in [0.4, 0.5) is 0 Å². The van der Waals surface area contributed by atoms with Crippen molar-refractivity contribution in [2.24, 2.45) is 7.05 Å². The van der Waals surface area contributed by atoms with Crippen LogP contribution in [0.15, 0.2) is 6.08 Å². The minimum atomic E-state index is 0.528. The summed E-state index contributed by atoms with van der Waals surface area (Å²) in [5.74, 6) is 0. The van der Waals surface area contributed by atoms with Gasteiger partial charge in [0.1, 0.15) is 11.8 Å². The molecule has 0 aliphatic heterocycles. The zero-order valence-electron chi connectivity index (χ0n) is 9.91. The number of nitrogens with zero attached hydrogens (tertiary/aromatic N) is 3. The summed E-state index contributed by atoms with van der Waals surface area (Å²) in [4.78, 5) is 0. The highest BCUT2D eigenvalue weighted by molar-refractivity contribution is 6.09. The second-order valence-electron chi connectivity index (χ2n) is 3.54. The molecule has 0 aliphatic rings. The molecule has 0 amide bonds. The molecule has 0 aliphatic carbocycles. The highest BCUT2D eigenvalue weighted by Crippen LogP contribution is 2.22. The lowest BCUT2D eigenvalue weighted by Gasteiger charge is -2.01. The highest BCUT2D eigenvalue weighted by atomic mass is 15.3. The van der Waals surface area contributed by atoms with E-state index in [0.29, 0.717) is 5.69 Å². The van der Waals surface area contributed by atoms with E-state index >= 15 is 0 Å². The zero-order valence-corrected chi connectivity index (χ0v) is 9.91. The fourth-order valence-corrected chi connectivity index (χ4v) is 1.72. The molecule has 1 aromatic heterocycles. The van der Waals surface area contributed by atoms with Crippen LogP contribution in [0.5, 0.6) is 0 Å². The molecule has 0 bridgehead atoms. The number of aromatic nitrogens is 2. The van der Waals surface area contributed by atoms with Crippen LogP contribution in [0, 0.1) is 16.7 Å². The van der Waals surface area contributed by atoms with Crippen molar-refractivity contribution in [1.29, 1.82) is 10.7 Å². The van der Waals surface area contributed by atoms with Crippen LogP contribution in [-0.4, -0.2) is 16.0 Å². The Balaban J connectivity index is 3.43. The summed E-state index contributed by atoms with van der Waals surface area (Å²) < 4.78 is 1.59. The number of rotatable bonds is 4. The quantitative estimate of drug-likeness (QED) is 0.785. The van der Waals surface area contributed by atoms with E-state index in [1.165, 1.54) is 6.21 Å². The topological polar surface area (TPSA) is 65.5 Å². The Morgan fingerprint density at radius 1 is 1.62 bits per heavy atom. The van der Waals surface area contributed by atoms with Crippen molar-refractivity contribution in [1.82, 2.24) is 9.78 Å². The van der Waals surface area contributed by atoms with Crippen LogP contribution >= 0.6 is 0 Å². The maximum atomic E-state index is 9.11. The molecule has 1 aromatic rings. The third kappa shape index (κ3) is 2.03. The summed E-state index contributed by atoms with van der Waals surface area (Å²) in [6, 6.07) is 2.15. The van der Waals surface area contributed by atoms with Crippen LogP contribution in [-0.2, 0) is 13.5 Å². The Bertz CT molecular complexity index is 460. The normalized spacial score (nSPS) is 11.2. The number of hydrogen-bond donors (Lipinski definition) is 1. The molecule has 1 heterocycles. The van der Waals surface area contributed by atoms with Gasteiger partial charge in [-0.2, -0.15) is 10.4 Å². The molecule has 1 N–H and O–H groups in total. The molecule has 16 heavy (non-hydrogen) atoms. The van der Waals surface area contributed by atoms with Crippen molar-refractivity contribution < 1.29 is 0 Å². The molecule has 0 radical (unpaired) electrons. The van der Waals surface area contributed by atoms with Crippen LogP contribution in [0.3, 0.4) is 0 Å². The number of nitriles is 1. The van der Waals surface area contributed by atoms with E-state index in [9.17, 15) is 0 Å². The molecule has 84 valence electrons. The Morgan fingerprint density at radius 2 is 2.31 bits per heavy atom. The lowest BCUT2D eigenvalue weighted by Crippen LogP contribution is -1.95. The largest absolute Gasteiger partial charge is 0.308 e. The van der Waals surface area contributed by atoms with E-state index in [2.05, 4.69) is 18.1 Å². The smallest absolute Gasteiger partial charge is 0.146 e. The number of hydrogen-bond acceptors (Lipinski definition) is 3. The molecule has 0 atom stereocenters. The van der Waals surface area contributed by atoms with E-state index < -0.39 is 0 Å². The molecule has 0 aromatic carbocycles.